The van der Waals surface area contributed by atoms with Crippen LogP contribution in [-0.4, -0.2) is 39.6 Å². The third-order valence-electron chi connectivity index (χ3n) is 2.40. The van der Waals surface area contributed by atoms with E-state index >= 15 is 0 Å². The van der Waals surface area contributed by atoms with E-state index in [1.165, 1.54) is 19.1 Å². The number of phenolic OH excluding ortho intramolecular Hbond substituents is 1. The van der Waals surface area contributed by atoms with Crippen molar-refractivity contribution in [1.82, 2.24) is 5.32 Å². The van der Waals surface area contributed by atoms with Gasteiger partial charge >= 0.3 is 5.97 Å². The lowest BCUT2D eigenvalue weighted by Crippen LogP contribution is -2.48. The van der Waals surface area contributed by atoms with Gasteiger partial charge < -0.3 is 26.7 Å². The number of hydrogen-bond donors (Lipinski definition) is 4. The van der Waals surface area contributed by atoms with Crippen LogP contribution in [0.2, 0.25) is 0 Å². The highest BCUT2D eigenvalue weighted by atomic mass is 16.4. The number of rotatable bonds is 5. The summed E-state index contributed by atoms with van der Waals surface area (Å²) in [6.45, 7) is 1.48. The smallest absolute Gasteiger partial charge is 0.326 e. The first kappa shape index (κ1) is 16.9. The van der Waals surface area contributed by atoms with Crippen molar-refractivity contribution >= 4 is 11.9 Å². The van der Waals surface area contributed by atoms with E-state index in [9.17, 15) is 9.59 Å². The number of nitrogens with one attached hydrogen (secondary N) is 1. The van der Waals surface area contributed by atoms with Gasteiger partial charge in [-0.1, -0.05) is 12.1 Å². The summed E-state index contributed by atoms with van der Waals surface area (Å²) in [5.74, 6) is -1.54. The van der Waals surface area contributed by atoms with Crippen molar-refractivity contribution in [3.8, 4) is 5.75 Å². The maximum atomic E-state index is 11.4. The quantitative estimate of drug-likeness (QED) is 0.544. The number of aliphatic carboxylic acids is 1. The molecule has 0 saturated carbocycles. The van der Waals surface area contributed by atoms with Gasteiger partial charge in [-0.15, -0.1) is 0 Å². The van der Waals surface area contributed by atoms with Gasteiger partial charge in [0.15, 0.2) is 0 Å². The van der Waals surface area contributed by atoms with Crippen LogP contribution in [0.15, 0.2) is 24.3 Å². The molecular formula is C12H18N2O5. The van der Waals surface area contributed by atoms with Crippen molar-refractivity contribution in [1.29, 1.82) is 0 Å². The number of carbonyl (C=O) groups excluding carboxylic acids is 1. The molecule has 1 unspecified atom stereocenters. The largest absolute Gasteiger partial charge is 0.508 e. The van der Waals surface area contributed by atoms with Crippen LogP contribution >= 0.6 is 0 Å². The Bertz CT molecular complexity index is 430. The molecule has 0 fully saturated rings. The maximum absolute atomic E-state index is 11.4. The fraction of sp³-hybridized carbons (Fsp3) is 0.333. The lowest BCUT2D eigenvalue weighted by Gasteiger charge is -2.16. The van der Waals surface area contributed by atoms with E-state index in [4.69, 9.17) is 15.9 Å². The van der Waals surface area contributed by atoms with E-state index in [0.717, 1.165) is 0 Å². The summed E-state index contributed by atoms with van der Waals surface area (Å²) in [5.41, 5.74) is 6.06. The zero-order valence-electron chi connectivity index (χ0n) is 10.5. The topological polar surface area (TPSA) is 144 Å². The molecule has 0 radical (unpaired) electrons. The number of carboxylic acid groups (broad SMARTS) is 1. The van der Waals surface area contributed by atoms with Gasteiger partial charge in [-0.2, -0.15) is 0 Å². The Hall–Kier alpha value is -2.12. The maximum Gasteiger partial charge on any atom is 0.326 e. The van der Waals surface area contributed by atoms with E-state index in [0.29, 0.717) is 5.56 Å². The summed E-state index contributed by atoms with van der Waals surface area (Å²) in [6.07, 6.45) is 0.133. The van der Waals surface area contributed by atoms with Crippen molar-refractivity contribution in [3.63, 3.8) is 0 Å². The molecule has 0 aliphatic carbocycles. The zero-order valence-corrected chi connectivity index (χ0v) is 10.5. The molecule has 1 aromatic rings. The van der Waals surface area contributed by atoms with Crippen molar-refractivity contribution in [3.05, 3.63) is 29.8 Å². The van der Waals surface area contributed by atoms with E-state index in [1.807, 2.05) is 0 Å². The summed E-state index contributed by atoms with van der Waals surface area (Å²) < 4.78 is 0. The molecule has 7 nitrogen and oxygen atoms in total. The second-order valence-electron chi connectivity index (χ2n) is 4.06. The molecule has 7 N–H and O–H groups in total. The van der Waals surface area contributed by atoms with E-state index in [1.54, 1.807) is 12.1 Å². The van der Waals surface area contributed by atoms with Gasteiger partial charge in [0, 0.05) is 6.42 Å². The summed E-state index contributed by atoms with van der Waals surface area (Å²) in [5, 5.41) is 20.5. The molecule has 7 heteroatoms. The van der Waals surface area contributed by atoms with Crippen LogP contribution in [0.3, 0.4) is 0 Å². The van der Waals surface area contributed by atoms with E-state index in [-0.39, 0.29) is 17.6 Å². The fourth-order valence-corrected chi connectivity index (χ4v) is 1.37. The molecule has 1 aromatic carbocycles. The van der Waals surface area contributed by atoms with Gasteiger partial charge in [0.05, 0.1) is 6.04 Å². The molecule has 19 heavy (non-hydrogen) atoms. The Morgan fingerprint density at radius 2 is 1.84 bits per heavy atom. The Labute approximate surface area is 110 Å². The highest BCUT2D eigenvalue weighted by Gasteiger charge is 2.21. The minimum Gasteiger partial charge on any atom is -0.508 e. The molecule has 106 valence electrons. The fourth-order valence-electron chi connectivity index (χ4n) is 1.37. The second kappa shape index (κ2) is 7.34. The van der Waals surface area contributed by atoms with Crippen LogP contribution in [0.25, 0.3) is 0 Å². The minimum atomic E-state index is -1.13. The molecule has 1 rings (SSSR count). The van der Waals surface area contributed by atoms with Crippen LogP contribution in [0.1, 0.15) is 12.5 Å². The standard InChI is InChI=1S/C12H16N2O4.H2O/c1-7(13)11(16)14-10(12(17)18)6-8-2-4-9(15)5-3-8;/h2-5,7,10,15H,6,13H2,1H3,(H,14,16)(H,17,18);1H2/t7?,10-;/m0./s1. The number of amides is 1. The van der Waals surface area contributed by atoms with Crippen LogP contribution in [0.4, 0.5) is 0 Å². The van der Waals surface area contributed by atoms with Gasteiger partial charge in [-0.25, -0.2) is 4.79 Å². The summed E-state index contributed by atoms with van der Waals surface area (Å²) in [4.78, 5) is 22.4. The third kappa shape index (κ3) is 5.36. The summed E-state index contributed by atoms with van der Waals surface area (Å²) >= 11 is 0. The Kier molecular flexibility index (Phi) is 6.53. The second-order valence-corrected chi connectivity index (χ2v) is 4.06. The lowest BCUT2D eigenvalue weighted by molar-refractivity contribution is -0.141. The molecule has 0 spiro atoms. The molecular weight excluding hydrogens is 252 g/mol. The number of aromatic hydroxyl groups is 1. The average molecular weight is 270 g/mol. The molecule has 0 bridgehead atoms. The predicted molar refractivity (Wildman–Crippen MR) is 68.6 cm³/mol. The van der Waals surface area contributed by atoms with Crippen LogP contribution in [0.5, 0.6) is 5.75 Å². The van der Waals surface area contributed by atoms with Crippen molar-refractivity contribution in [2.75, 3.05) is 0 Å². The number of carbonyl (C=O) groups is 2. The molecule has 0 saturated heterocycles. The monoisotopic (exact) mass is 270 g/mol. The van der Waals surface area contributed by atoms with Gasteiger partial charge in [-0.05, 0) is 24.6 Å². The number of carboxylic acids is 1. The normalized spacial score (nSPS) is 12.9. The van der Waals surface area contributed by atoms with E-state index in [2.05, 4.69) is 5.32 Å². The molecule has 0 aliphatic rings. The number of nitrogens with two attached hydrogens (primary N) is 1. The van der Waals surface area contributed by atoms with Crippen LogP contribution in [-0.2, 0) is 16.0 Å². The summed E-state index contributed by atoms with van der Waals surface area (Å²) in [7, 11) is 0. The summed E-state index contributed by atoms with van der Waals surface area (Å²) in [6, 6.07) is 4.33. The molecule has 0 heterocycles. The van der Waals surface area contributed by atoms with Crippen molar-refractivity contribution in [2.24, 2.45) is 5.73 Å². The zero-order chi connectivity index (χ0) is 13.7. The average Bonchev–Trinajstić information content (AvgIpc) is 2.30. The Morgan fingerprint density at radius 1 is 1.32 bits per heavy atom. The number of benzene rings is 1. The highest BCUT2D eigenvalue weighted by Crippen LogP contribution is 2.11. The molecule has 0 aliphatic heterocycles. The highest BCUT2D eigenvalue weighted by molar-refractivity contribution is 5.86. The predicted octanol–water partition coefficient (Wildman–Crippen LogP) is -0.973. The van der Waals surface area contributed by atoms with Crippen LogP contribution in [0, 0.1) is 0 Å². The van der Waals surface area contributed by atoms with Gasteiger partial charge in [0.25, 0.3) is 0 Å². The van der Waals surface area contributed by atoms with E-state index < -0.39 is 24.0 Å². The van der Waals surface area contributed by atoms with Gasteiger partial charge in [-0.3, -0.25) is 4.79 Å². The molecule has 1 amide bonds. The van der Waals surface area contributed by atoms with Crippen LogP contribution < -0.4 is 11.1 Å². The number of phenols is 1. The Balaban J connectivity index is 0.00000324. The SMILES string of the molecule is CC(N)C(=O)N[C@@H](Cc1ccc(O)cc1)C(=O)O.O. The molecule has 0 aromatic heterocycles. The van der Waals surface area contributed by atoms with Gasteiger partial charge in [0.1, 0.15) is 11.8 Å². The van der Waals surface area contributed by atoms with Gasteiger partial charge in [0.2, 0.25) is 5.91 Å². The number of hydrogen-bond acceptors (Lipinski definition) is 4. The molecule has 2 atom stereocenters. The van der Waals surface area contributed by atoms with Crippen molar-refractivity contribution in [2.45, 2.75) is 25.4 Å². The van der Waals surface area contributed by atoms with Crippen molar-refractivity contribution < 1.29 is 25.3 Å². The Morgan fingerprint density at radius 3 is 2.26 bits per heavy atom. The lowest BCUT2D eigenvalue weighted by atomic mass is 10.1. The minimum absolute atomic E-state index is 0. The first-order chi connectivity index (χ1) is 8.40. The first-order valence-electron chi connectivity index (χ1n) is 5.47. The third-order valence-corrected chi connectivity index (χ3v) is 2.40. The first-order valence-corrected chi connectivity index (χ1v) is 5.47.